The van der Waals surface area contributed by atoms with Crippen molar-refractivity contribution in [2.75, 3.05) is 0 Å². The van der Waals surface area contributed by atoms with E-state index >= 15 is 0 Å². The van der Waals surface area contributed by atoms with Crippen molar-refractivity contribution in [2.45, 2.75) is 19.9 Å². The summed E-state index contributed by atoms with van der Waals surface area (Å²) in [6.45, 7) is 1.71. The van der Waals surface area contributed by atoms with Crippen molar-refractivity contribution in [1.29, 1.82) is 0 Å². The fourth-order valence-corrected chi connectivity index (χ4v) is 3.37. The SMILES string of the molecule is Cc1cc(=O)c2oc(-c3ccccc3)c(CC(=O)NCc3nc(-c4ccco4)no3)c2o1. The minimum Gasteiger partial charge on any atom is -0.461 e. The van der Waals surface area contributed by atoms with Crippen molar-refractivity contribution in [3.63, 3.8) is 0 Å². The molecule has 160 valence electrons. The van der Waals surface area contributed by atoms with Crippen LogP contribution in [0.5, 0.6) is 0 Å². The number of aryl methyl sites for hydroxylation is 1. The van der Waals surface area contributed by atoms with Crippen LogP contribution in [0.1, 0.15) is 17.2 Å². The summed E-state index contributed by atoms with van der Waals surface area (Å²) in [6.07, 6.45) is 1.44. The number of benzene rings is 1. The lowest BCUT2D eigenvalue weighted by molar-refractivity contribution is -0.120. The first-order chi connectivity index (χ1) is 15.6. The third kappa shape index (κ3) is 3.71. The highest BCUT2D eigenvalue weighted by Gasteiger charge is 2.23. The standard InChI is InChI=1S/C23H17N3O6/c1-13-10-16(27)22-21(30-13)15(20(31-22)14-6-3-2-4-7-14)11-18(28)24-12-19-25-23(26-32-19)17-8-5-9-29-17/h2-10H,11-12H2,1H3,(H,24,28). The van der Waals surface area contributed by atoms with Crippen LogP contribution in [0.4, 0.5) is 0 Å². The predicted octanol–water partition coefficient (Wildman–Crippen LogP) is 3.86. The van der Waals surface area contributed by atoms with E-state index in [1.165, 1.54) is 12.3 Å². The first-order valence-electron chi connectivity index (χ1n) is 9.83. The van der Waals surface area contributed by atoms with Gasteiger partial charge in [-0.3, -0.25) is 9.59 Å². The van der Waals surface area contributed by atoms with E-state index in [9.17, 15) is 9.59 Å². The van der Waals surface area contributed by atoms with Crippen molar-refractivity contribution >= 4 is 17.1 Å². The molecular weight excluding hydrogens is 414 g/mol. The molecule has 0 unspecified atom stereocenters. The third-order valence-electron chi connectivity index (χ3n) is 4.80. The Morgan fingerprint density at radius 2 is 1.91 bits per heavy atom. The van der Waals surface area contributed by atoms with Gasteiger partial charge < -0.3 is 23.1 Å². The van der Waals surface area contributed by atoms with E-state index in [1.54, 1.807) is 19.1 Å². The molecule has 0 fully saturated rings. The molecule has 5 aromatic rings. The molecule has 0 bridgehead atoms. The molecule has 0 saturated carbocycles. The molecule has 9 heteroatoms. The van der Waals surface area contributed by atoms with Gasteiger partial charge in [-0.2, -0.15) is 4.98 Å². The van der Waals surface area contributed by atoms with Gasteiger partial charge in [-0.05, 0) is 19.1 Å². The van der Waals surface area contributed by atoms with Crippen LogP contribution in [0.15, 0.2) is 77.4 Å². The van der Waals surface area contributed by atoms with Gasteiger partial charge >= 0.3 is 0 Å². The van der Waals surface area contributed by atoms with Gasteiger partial charge in [0.15, 0.2) is 11.3 Å². The lowest BCUT2D eigenvalue weighted by atomic mass is 10.1. The van der Waals surface area contributed by atoms with Crippen molar-refractivity contribution in [1.82, 2.24) is 15.5 Å². The number of rotatable bonds is 6. The van der Waals surface area contributed by atoms with Gasteiger partial charge in [0.25, 0.3) is 0 Å². The van der Waals surface area contributed by atoms with Crippen molar-refractivity contribution in [3.8, 4) is 22.9 Å². The molecule has 0 saturated heterocycles. The van der Waals surface area contributed by atoms with Crippen LogP contribution in [0.3, 0.4) is 0 Å². The van der Waals surface area contributed by atoms with E-state index in [1.807, 2.05) is 30.3 Å². The molecular formula is C23H17N3O6. The Morgan fingerprint density at radius 1 is 1.06 bits per heavy atom. The van der Waals surface area contributed by atoms with E-state index in [4.69, 9.17) is 17.8 Å². The number of nitrogens with zero attached hydrogens (tertiary/aromatic N) is 2. The Kier molecular flexibility index (Phi) is 4.91. The van der Waals surface area contributed by atoms with Gasteiger partial charge in [-0.1, -0.05) is 35.5 Å². The van der Waals surface area contributed by atoms with E-state index in [2.05, 4.69) is 15.5 Å². The summed E-state index contributed by atoms with van der Waals surface area (Å²) < 4.78 is 22.0. The molecule has 0 aliphatic carbocycles. The largest absolute Gasteiger partial charge is 0.461 e. The molecule has 0 atom stereocenters. The zero-order valence-corrected chi connectivity index (χ0v) is 17.0. The zero-order valence-electron chi connectivity index (χ0n) is 17.0. The first-order valence-corrected chi connectivity index (χ1v) is 9.83. The molecule has 4 aromatic heterocycles. The summed E-state index contributed by atoms with van der Waals surface area (Å²) in [5.41, 5.74) is 1.27. The van der Waals surface area contributed by atoms with Crippen molar-refractivity contribution < 1.29 is 22.6 Å². The molecule has 32 heavy (non-hydrogen) atoms. The highest BCUT2D eigenvalue weighted by Crippen LogP contribution is 2.33. The Morgan fingerprint density at radius 3 is 2.69 bits per heavy atom. The molecule has 9 nitrogen and oxygen atoms in total. The average molecular weight is 431 g/mol. The Balaban J connectivity index is 1.40. The molecule has 5 rings (SSSR count). The number of furan rings is 2. The van der Waals surface area contributed by atoms with Gasteiger partial charge in [-0.15, -0.1) is 0 Å². The van der Waals surface area contributed by atoms with Gasteiger partial charge in [0.05, 0.1) is 24.8 Å². The minimum atomic E-state index is -0.327. The summed E-state index contributed by atoms with van der Waals surface area (Å²) in [7, 11) is 0. The Labute approximate surface area is 180 Å². The summed E-state index contributed by atoms with van der Waals surface area (Å²) in [5.74, 6) is 1.51. The number of aromatic nitrogens is 2. The van der Waals surface area contributed by atoms with Crippen LogP contribution in [-0.4, -0.2) is 16.0 Å². The lowest BCUT2D eigenvalue weighted by Gasteiger charge is -2.04. The number of fused-ring (bicyclic) bond motifs is 1. The number of carbonyl (C=O) groups excluding carboxylic acids is 1. The normalized spacial score (nSPS) is 11.2. The van der Waals surface area contributed by atoms with Gasteiger partial charge in [-0.25, -0.2) is 0 Å². The van der Waals surface area contributed by atoms with E-state index in [0.717, 1.165) is 5.56 Å². The van der Waals surface area contributed by atoms with Crippen LogP contribution < -0.4 is 10.7 Å². The van der Waals surface area contributed by atoms with Crippen LogP contribution in [0.2, 0.25) is 0 Å². The van der Waals surface area contributed by atoms with E-state index in [-0.39, 0.29) is 41.4 Å². The van der Waals surface area contributed by atoms with Crippen LogP contribution in [-0.2, 0) is 17.8 Å². The maximum Gasteiger partial charge on any atom is 0.246 e. The topological polar surface area (TPSA) is 125 Å². The van der Waals surface area contributed by atoms with Crippen LogP contribution in [0.25, 0.3) is 34.1 Å². The van der Waals surface area contributed by atoms with E-state index in [0.29, 0.717) is 28.7 Å². The highest BCUT2D eigenvalue weighted by atomic mass is 16.5. The number of amides is 1. The van der Waals surface area contributed by atoms with E-state index < -0.39 is 0 Å². The number of hydrogen-bond acceptors (Lipinski definition) is 8. The second-order valence-corrected chi connectivity index (χ2v) is 7.10. The fraction of sp³-hybridized carbons (Fsp3) is 0.130. The monoisotopic (exact) mass is 431 g/mol. The predicted molar refractivity (Wildman–Crippen MR) is 112 cm³/mol. The highest BCUT2D eigenvalue weighted by molar-refractivity contribution is 5.89. The van der Waals surface area contributed by atoms with Gasteiger partial charge in [0.2, 0.25) is 28.6 Å². The van der Waals surface area contributed by atoms with Gasteiger partial charge in [0, 0.05) is 11.6 Å². The molecule has 0 spiro atoms. The summed E-state index contributed by atoms with van der Waals surface area (Å²) >= 11 is 0. The van der Waals surface area contributed by atoms with Crippen molar-refractivity contribution in [3.05, 3.63) is 82.2 Å². The first kappa shape index (κ1) is 19.6. The smallest absolute Gasteiger partial charge is 0.246 e. The number of hydrogen-bond donors (Lipinski definition) is 1. The Bertz CT molecular complexity index is 1440. The second-order valence-electron chi connectivity index (χ2n) is 7.10. The minimum absolute atomic E-state index is 0.0337. The quantitative estimate of drug-likeness (QED) is 0.430. The molecule has 0 aliphatic rings. The lowest BCUT2D eigenvalue weighted by Crippen LogP contribution is -2.24. The second kappa shape index (κ2) is 8.03. The number of carbonyl (C=O) groups is 1. The molecule has 0 radical (unpaired) electrons. The van der Waals surface area contributed by atoms with Crippen LogP contribution in [0, 0.1) is 6.92 Å². The maximum atomic E-state index is 12.7. The molecule has 4 heterocycles. The third-order valence-corrected chi connectivity index (χ3v) is 4.80. The molecule has 0 aliphatic heterocycles. The van der Waals surface area contributed by atoms with Crippen molar-refractivity contribution in [2.24, 2.45) is 0 Å². The number of nitrogens with one attached hydrogen (secondary N) is 1. The Hall–Kier alpha value is -4.40. The average Bonchev–Trinajstić information content (AvgIpc) is 3.53. The molecule has 1 amide bonds. The summed E-state index contributed by atoms with van der Waals surface area (Å²) in [4.78, 5) is 29.3. The van der Waals surface area contributed by atoms with Crippen LogP contribution >= 0.6 is 0 Å². The fourth-order valence-electron chi connectivity index (χ4n) is 3.37. The zero-order chi connectivity index (χ0) is 22.1. The maximum absolute atomic E-state index is 12.7. The summed E-state index contributed by atoms with van der Waals surface area (Å²) in [5, 5.41) is 6.57. The summed E-state index contributed by atoms with van der Waals surface area (Å²) in [6, 6.07) is 14.0. The molecule has 1 aromatic carbocycles. The van der Waals surface area contributed by atoms with Gasteiger partial charge in [0.1, 0.15) is 11.5 Å². The molecule has 1 N–H and O–H groups in total.